The van der Waals surface area contributed by atoms with E-state index in [0.29, 0.717) is 48.7 Å². The normalized spacial score (nSPS) is 15.0. The van der Waals surface area contributed by atoms with Gasteiger partial charge in [-0.1, -0.05) is 29.8 Å². The van der Waals surface area contributed by atoms with Gasteiger partial charge in [0.15, 0.2) is 0 Å². The molecule has 2 aromatic rings. The first-order valence-corrected chi connectivity index (χ1v) is 8.53. The van der Waals surface area contributed by atoms with E-state index in [9.17, 15) is 14.0 Å². The number of carbonyl (C=O) groups is 2. The minimum atomic E-state index is -0.434. The quantitative estimate of drug-likeness (QED) is 0.822. The Morgan fingerprint density at radius 2 is 1.56 bits per heavy atom. The third-order valence-corrected chi connectivity index (χ3v) is 4.58. The van der Waals surface area contributed by atoms with Gasteiger partial charge < -0.3 is 9.80 Å². The number of rotatable bonds is 2. The molecule has 0 atom stereocenters. The number of nitrogens with zero attached hydrogens (tertiary/aromatic N) is 2. The van der Waals surface area contributed by atoms with Crippen LogP contribution in [0.5, 0.6) is 0 Å². The first kappa shape index (κ1) is 17.4. The van der Waals surface area contributed by atoms with Gasteiger partial charge in [0.25, 0.3) is 11.8 Å². The minimum absolute atomic E-state index is 0.134. The van der Waals surface area contributed by atoms with E-state index in [1.54, 1.807) is 40.1 Å². The molecule has 0 aliphatic carbocycles. The highest BCUT2D eigenvalue weighted by Crippen LogP contribution is 2.18. The molecule has 130 valence electrons. The van der Waals surface area contributed by atoms with E-state index in [1.165, 1.54) is 18.2 Å². The van der Waals surface area contributed by atoms with E-state index in [-0.39, 0.29) is 11.8 Å². The molecule has 2 aromatic carbocycles. The fraction of sp³-hybridized carbons (Fsp3) is 0.263. The zero-order valence-electron chi connectivity index (χ0n) is 13.6. The van der Waals surface area contributed by atoms with Crippen LogP contribution in [0, 0.1) is 5.82 Å². The highest BCUT2D eigenvalue weighted by Gasteiger charge is 2.24. The zero-order valence-corrected chi connectivity index (χ0v) is 14.4. The van der Waals surface area contributed by atoms with E-state index >= 15 is 0 Å². The Labute approximate surface area is 150 Å². The third kappa shape index (κ3) is 3.99. The van der Waals surface area contributed by atoms with Gasteiger partial charge in [0.2, 0.25) is 0 Å². The molecule has 0 N–H and O–H groups in total. The number of hydrogen-bond donors (Lipinski definition) is 0. The molecule has 4 nitrogen and oxygen atoms in total. The van der Waals surface area contributed by atoms with Crippen molar-refractivity contribution in [3.63, 3.8) is 0 Å². The van der Waals surface area contributed by atoms with Gasteiger partial charge in [-0.2, -0.15) is 0 Å². The van der Waals surface area contributed by atoms with Crippen LogP contribution in [0.15, 0.2) is 48.5 Å². The molecule has 0 aromatic heterocycles. The van der Waals surface area contributed by atoms with Crippen molar-refractivity contribution in [3.05, 3.63) is 70.5 Å². The highest BCUT2D eigenvalue weighted by molar-refractivity contribution is 6.33. The average Bonchev–Trinajstić information content (AvgIpc) is 2.87. The molecule has 0 saturated carbocycles. The van der Waals surface area contributed by atoms with Crippen molar-refractivity contribution in [1.82, 2.24) is 9.80 Å². The van der Waals surface area contributed by atoms with Crippen LogP contribution in [0.4, 0.5) is 4.39 Å². The maximum Gasteiger partial charge on any atom is 0.255 e. The molecule has 1 fully saturated rings. The summed E-state index contributed by atoms with van der Waals surface area (Å²) in [6.07, 6.45) is 0.664. The maximum absolute atomic E-state index is 13.3. The molecule has 1 aliphatic rings. The first-order valence-electron chi connectivity index (χ1n) is 8.15. The van der Waals surface area contributed by atoms with Crippen LogP contribution in [0.1, 0.15) is 27.1 Å². The van der Waals surface area contributed by atoms with Crippen LogP contribution < -0.4 is 0 Å². The van der Waals surface area contributed by atoms with E-state index < -0.39 is 5.82 Å². The van der Waals surface area contributed by atoms with Crippen molar-refractivity contribution in [2.75, 3.05) is 26.2 Å². The summed E-state index contributed by atoms with van der Waals surface area (Å²) in [5.41, 5.74) is 0.792. The Kier molecular flexibility index (Phi) is 5.34. The Morgan fingerprint density at radius 3 is 2.24 bits per heavy atom. The SMILES string of the molecule is O=C(c1cccc(F)c1)N1CCCN(C(=O)c2ccccc2Cl)CC1. The van der Waals surface area contributed by atoms with Crippen molar-refractivity contribution in [2.24, 2.45) is 0 Å². The number of hydrogen-bond acceptors (Lipinski definition) is 2. The lowest BCUT2D eigenvalue weighted by Crippen LogP contribution is -2.37. The summed E-state index contributed by atoms with van der Waals surface area (Å²) in [4.78, 5) is 28.6. The largest absolute Gasteiger partial charge is 0.337 e. The molecule has 0 radical (unpaired) electrons. The van der Waals surface area contributed by atoms with Crippen molar-refractivity contribution >= 4 is 23.4 Å². The summed E-state index contributed by atoms with van der Waals surface area (Å²) in [7, 11) is 0. The second kappa shape index (κ2) is 7.66. The molecule has 1 saturated heterocycles. The van der Waals surface area contributed by atoms with Crippen LogP contribution in [0.25, 0.3) is 0 Å². The second-order valence-electron chi connectivity index (χ2n) is 5.93. The fourth-order valence-electron chi connectivity index (χ4n) is 2.93. The van der Waals surface area contributed by atoms with Gasteiger partial charge in [0, 0.05) is 31.7 Å². The molecule has 0 bridgehead atoms. The Bertz CT molecular complexity index is 796. The monoisotopic (exact) mass is 360 g/mol. The summed E-state index contributed by atoms with van der Waals surface area (Å²) >= 11 is 6.11. The molecule has 6 heteroatoms. The molecule has 2 amide bonds. The van der Waals surface area contributed by atoms with Gasteiger partial charge in [0.1, 0.15) is 5.82 Å². The summed E-state index contributed by atoms with van der Waals surface area (Å²) in [5, 5.41) is 0.421. The Morgan fingerprint density at radius 1 is 0.880 bits per heavy atom. The van der Waals surface area contributed by atoms with Crippen LogP contribution in [-0.2, 0) is 0 Å². The standard InChI is InChI=1S/C19H18ClFN2O2/c20-17-8-2-1-7-16(17)19(25)23-10-4-9-22(11-12-23)18(24)14-5-3-6-15(21)13-14/h1-3,5-8,13H,4,9-12H2. The summed E-state index contributed by atoms with van der Waals surface area (Å²) in [5.74, 6) is -0.784. The lowest BCUT2D eigenvalue weighted by molar-refractivity contribution is 0.0718. The number of amides is 2. The van der Waals surface area contributed by atoms with Crippen molar-refractivity contribution in [1.29, 1.82) is 0 Å². The van der Waals surface area contributed by atoms with Gasteiger partial charge in [-0.05, 0) is 36.8 Å². The number of benzene rings is 2. The topological polar surface area (TPSA) is 40.6 Å². The van der Waals surface area contributed by atoms with E-state index in [1.807, 2.05) is 0 Å². The van der Waals surface area contributed by atoms with Crippen LogP contribution in [0.3, 0.4) is 0 Å². The number of halogens is 2. The Balaban J connectivity index is 1.69. The molecule has 3 rings (SSSR count). The molecular formula is C19H18ClFN2O2. The van der Waals surface area contributed by atoms with E-state index in [0.717, 1.165) is 0 Å². The van der Waals surface area contributed by atoms with E-state index in [2.05, 4.69) is 0 Å². The molecule has 0 unspecified atom stereocenters. The van der Waals surface area contributed by atoms with Crippen LogP contribution >= 0.6 is 11.6 Å². The molecule has 25 heavy (non-hydrogen) atoms. The number of carbonyl (C=O) groups excluding carboxylic acids is 2. The maximum atomic E-state index is 13.3. The van der Waals surface area contributed by atoms with Crippen molar-refractivity contribution in [3.8, 4) is 0 Å². The van der Waals surface area contributed by atoms with E-state index in [4.69, 9.17) is 11.6 Å². The lowest BCUT2D eigenvalue weighted by Gasteiger charge is -2.22. The minimum Gasteiger partial charge on any atom is -0.337 e. The van der Waals surface area contributed by atoms with Crippen LogP contribution in [-0.4, -0.2) is 47.8 Å². The first-order chi connectivity index (χ1) is 12.1. The van der Waals surface area contributed by atoms with Crippen LogP contribution in [0.2, 0.25) is 5.02 Å². The lowest BCUT2D eigenvalue weighted by atomic mass is 10.2. The predicted molar refractivity (Wildman–Crippen MR) is 94.3 cm³/mol. The smallest absolute Gasteiger partial charge is 0.255 e. The van der Waals surface area contributed by atoms with Gasteiger partial charge in [0.05, 0.1) is 10.6 Å². The average molecular weight is 361 g/mol. The third-order valence-electron chi connectivity index (χ3n) is 4.25. The molecular weight excluding hydrogens is 343 g/mol. The van der Waals surface area contributed by atoms with Crippen molar-refractivity contribution in [2.45, 2.75) is 6.42 Å². The molecule has 0 spiro atoms. The Hall–Kier alpha value is -2.40. The molecule has 1 aliphatic heterocycles. The fourth-order valence-corrected chi connectivity index (χ4v) is 3.15. The summed E-state index contributed by atoms with van der Waals surface area (Å²) in [6, 6.07) is 12.6. The van der Waals surface area contributed by atoms with Gasteiger partial charge in [-0.15, -0.1) is 0 Å². The van der Waals surface area contributed by atoms with Crippen molar-refractivity contribution < 1.29 is 14.0 Å². The highest BCUT2D eigenvalue weighted by atomic mass is 35.5. The van der Waals surface area contributed by atoms with Gasteiger partial charge in [-0.25, -0.2) is 4.39 Å². The van der Waals surface area contributed by atoms with Gasteiger partial charge >= 0.3 is 0 Å². The van der Waals surface area contributed by atoms with Gasteiger partial charge in [-0.3, -0.25) is 9.59 Å². The molecule has 1 heterocycles. The summed E-state index contributed by atoms with van der Waals surface area (Å²) < 4.78 is 13.3. The zero-order chi connectivity index (χ0) is 17.8. The predicted octanol–water partition coefficient (Wildman–Crippen LogP) is 3.47. The summed E-state index contributed by atoms with van der Waals surface area (Å²) in [6.45, 7) is 1.91. The second-order valence-corrected chi connectivity index (χ2v) is 6.34.